The van der Waals surface area contributed by atoms with E-state index in [4.69, 9.17) is 43.5 Å². The lowest BCUT2D eigenvalue weighted by Crippen LogP contribution is -2.16. The zero-order valence-corrected chi connectivity index (χ0v) is 16.2. The molecule has 0 bridgehead atoms. The Morgan fingerprint density at radius 2 is 2.14 bits per heavy atom. The molecular weight excluding hydrogens is 403 g/mol. The number of methoxy groups -OCH3 is 1. The third-order valence-corrected chi connectivity index (χ3v) is 4.15. The average molecular weight is 417 g/mol. The van der Waals surface area contributed by atoms with Gasteiger partial charge in [0.1, 0.15) is 12.2 Å². The van der Waals surface area contributed by atoms with Gasteiger partial charge in [-0.3, -0.25) is 4.79 Å². The molecule has 1 aromatic heterocycles. The molecule has 0 unspecified atom stereocenters. The second kappa shape index (κ2) is 8.70. The summed E-state index contributed by atoms with van der Waals surface area (Å²) in [5.41, 5.74) is 3.53. The molecule has 28 heavy (non-hydrogen) atoms. The number of ether oxygens (including phenoxy) is 2. The quantitative estimate of drug-likeness (QED) is 0.364. The first-order valence-corrected chi connectivity index (χ1v) is 8.73. The molecule has 2 aromatic carbocycles. The van der Waals surface area contributed by atoms with Crippen molar-refractivity contribution >= 4 is 46.3 Å². The first kappa shape index (κ1) is 19.6. The highest BCUT2D eigenvalue weighted by Crippen LogP contribution is 2.36. The Hall–Kier alpha value is -3.14. The SMILES string of the molecule is C#CCOc1c(Cl)cc(/C=N/NC(=O)c2cc3cc(Cl)ccc3o2)cc1OC. The lowest BCUT2D eigenvalue weighted by atomic mass is 10.2. The van der Waals surface area contributed by atoms with Crippen LogP contribution in [0, 0.1) is 12.3 Å². The number of nitrogens with zero attached hydrogens (tertiary/aromatic N) is 1. The summed E-state index contributed by atoms with van der Waals surface area (Å²) in [5, 5.41) is 5.50. The molecular formula is C20H14Cl2N2O4. The maximum atomic E-state index is 12.2. The van der Waals surface area contributed by atoms with Crippen molar-refractivity contribution in [2.45, 2.75) is 0 Å². The van der Waals surface area contributed by atoms with Gasteiger partial charge in [-0.25, -0.2) is 5.43 Å². The molecule has 1 heterocycles. The molecule has 0 saturated heterocycles. The van der Waals surface area contributed by atoms with E-state index in [9.17, 15) is 4.79 Å². The first-order chi connectivity index (χ1) is 13.5. The molecule has 3 aromatic rings. The van der Waals surface area contributed by atoms with E-state index in [1.165, 1.54) is 13.3 Å². The van der Waals surface area contributed by atoms with E-state index in [0.29, 0.717) is 32.7 Å². The van der Waals surface area contributed by atoms with Crippen LogP contribution in [0.4, 0.5) is 0 Å². The third kappa shape index (κ3) is 4.39. The zero-order valence-electron chi connectivity index (χ0n) is 14.7. The molecule has 8 heteroatoms. The van der Waals surface area contributed by atoms with Gasteiger partial charge in [-0.1, -0.05) is 29.1 Å². The minimum Gasteiger partial charge on any atom is -0.493 e. The summed E-state index contributed by atoms with van der Waals surface area (Å²) in [6, 6.07) is 9.92. The van der Waals surface area contributed by atoms with Crippen LogP contribution in [0.3, 0.4) is 0 Å². The van der Waals surface area contributed by atoms with Crippen molar-refractivity contribution in [3.63, 3.8) is 0 Å². The van der Waals surface area contributed by atoms with Gasteiger partial charge in [0.05, 0.1) is 18.3 Å². The molecule has 0 aliphatic heterocycles. The molecule has 0 fully saturated rings. The average Bonchev–Trinajstić information content (AvgIpc) is 3.10. The Labute approximate surface area is 171 Å². The van der Waals surface area contributed by atoms with Crippen LogP contribution in [-0.4, -0.2) is 25.8 Å². The Morgan fingerprint density at radius 3 is 2.89 bits per heavy atom. The van der Waals surface area contributed by atoms with Crippen molar-refractivity contribution in [2.24, 2.45) is 5.10 Å². The van der Waals surface area contributed by atoms with Gasteiger partial charge in [-0.05, 0) is 42.0 Å². The van der Waals surface area contributed by atoms with Crippen LogP contribution >= 0.6 is 23.2 Å². The number of halogens is 2. The highest BCUT2D eigenvalue weighted by atomic mass is 35.5. The zero-order chi connectivity index (χ0) is 20.1. The van der Waals surface area contributed by atoms with Crippen LogP contribution in [0.15, 0.2) is 45.9 Å². The Bertz CT molecular complexity index is 1100. The van der Waals surface area contributed by atoms with Gasteiger partial charge in [0.15, 0.2) is 17.3 Å². The van der Waals surface area contributed by atoms with E-state index in [-0.39, 0.29) is 12.4 Å². The van der Waals surface area contributed by atoms with Crippen molar-refractivity contribution in [3.05, 3.63) is 57.8 Å². The standard InChI is InChI=1S/C20H14Cl2N2O4/c1-3-6-27-19-15(22)7-12(8-17(19)26-2)11-23-24-20(25)18-10-13-9-14(21)4-5-16(13)28-18/h1,4-5,7-11H,6H2,2H3,(H,24,25)/b23-11+. The number of amides is 1. The van der Waals surface area contributed by atoms with E-state index in [2.05, 4.69) is 16.4 Å². The smallest absolute Gasteiger partial charge is 0.307 e. The van der Waals surface area contributed by atoms with Crippen molar-refractivity contribution in [3.8, 4) is 23.8 Å². The van der Waals surface area contributed by atoms with Crippen molar-refractivity contribution < 1.29 is 18.7 Å². The van der Waals surface area contributed by atoms with Crippen molar-refractivity contribution in [1.82, 2.24) is 5.43 Å². The summed E-state index contributed by atoms with van der Waals surface area (Å²) in [4.78, 5) is 12.2. The summed E-state index contributed by atoms with van der Waals surface area (Å²) in [6.07, 6.45) is 6.60. The van der Waals surface area contributed by atoms with Gasteiger partial charge < -0.3 is 13.9 Å². The summed E-state index contributed by atoms with van der Waals surface area (Å²) in [7, 11) is 1.48. The number of fused-ring (bicyclic) bond motifs is 1. The minimum atomic E-state index is -0.504. The van der Waals surface area contributed by atoms with Gasteiger partial charge in [0, 0.05) is 10.4 Å². The van der Waals surface area contributed by atoms with Crippen LogP contribution < -0.4 is 14.9 Å². The largest absolute Gasteiger partial charge is 0.493 e. The number of carbonyl (C=O) groups is 1. The second-order valence-corrected chi connectivity index (χ2v) is 6.36. The second-order valence-electron chi connectivity index (χ2n) is 5.52. The Morgan fingerprint density at radius 1 is 1.32 bits per heavy atom. The molecule has 0 radical (unpaired) electrons. The fraction of sp³-hybridized carbons (Fsp3) is 0.100. The maximum absolute atomic E-state index is 12.2. The van der Waals surface area contributed by atoms with Gasteiger partial charge in [0.25, 0.3) is 0 Å². The summed E-state index contributed by atoms with van der Waals surface area (Å²) in [5.74, 6) is 2.70. The number of hydrazone groups is 1. The summed E-state index contributed by atoms with van der Waals surface area (Å²) in [6.45, 7) is 0.0578. The fourth-order valence-corrected chi connectivity index (χ4v) is 2.87. The van der Waals surface area contributed by atoms with Crippen molar-refractivity contribution in [2.75, 3.05) is 13.7 Å². The minimum absolute atomic E-state index is 0.0578. The maximum Gasteiger partial charge on any atom is 0.307 e. The fourth-order valence-electron chi connectivity index (χ4n) is 2.41. The molecule has 0 spiro atoms. The van der Waals surface area contributed by atoms with E-state index in [0.717, 1.165) is 5.39 Å². The Kier molecular flexibility index (Phi) is 6.09. The molecule has 1 N–H and O–H groups in total. The summed E-state index contributed by atoms with van der Waals surface area (Å²) >= 11 is 12.1. The topological polar surface area (TPSA) is 73.1 Å². The monoisotopic (exact) mass is 416 g/mol. The third-order valence-electron chi connectivity index (χ3n) is 3.63. The molecule has 6 nitrogen and oxygen atoms in total. The number of rotatable bonds is 6. The lowest BCUT2D eigenvalue weighted by Gasteiger charge is -2.11. The predicted molar refractivity (Wildman–Crippen MR) is 109 cm³/mol. The molecule has 0 atom stereocenters. The molecule has 142 valence electrons. The summed E-state index contributed by atoms with van der Waals surface area (Å²) < 4.78 is 16.1. The van der Waals surface area contributed by atoms with Gasteiger partial charge >= 0.3 is 5.91 Å². The van der Waals surface area contributed by atoms with Crippen LogP contribution in [0.25, 0.3) is 11.0 Å². The van der Waals surface area contributed by atoms with Gasteiger partial charge in [-0.2, -0.15) is 5.10 Å². The number of furan rings is 1. The van der Waals surface area contributed by atoms with Crippen LogP contribution in [0.1, 0.15) is 16.1 Å². The van der Waals surface area contributed by atoms with Crippen LogP contribution in [-0.2, 0) is 0 Å². The molecule has 0 aliphatic rings. The molecule has 0 saturated carbocycles. The normalized spacial score (nSPS) is 10.8. The van der Waals surface area contributed by atoms with Crippen LogP contribution in [0.5, 0.6) is 11.5 Å². The number of hydrogen-bond acceptors (Lipinski definition) is 5. The van der Waals surface area contributed by atoms with E-state index in [1.54, 1.807) is 36.4 Å². The van der Waals surface area contributed by atoms with Gasteiger partial charge in [0.2, 0.25) is 0 Å². The highest BCUT2D eigenvalue weighted by Gasteiger charge is 2.13. The van der Waals surface area contributed by atoms with E-state index >= 15 is 0 Å². The van der Waals surface area contributed by atoms with Crippen LogP contribution in [0.2, 0.25) is 10.0 Å². The first-order valence-electron chi connectivity index (χ1n) is 7.98. The van der Waals surface area contributed by atoms with E-state index in [1.807, 2.05) is 0 Å². The number of terminal acetylenes is 1. The number of carbonyl (C=O) groups excluding carboxylic acids is 1. The highest BCUT2D eigenvalue weighted by molar-refractivity contribution is 6.32. The number of benzene rings is 2. The molecule has 3 rings (SSSR count). The lowest BCUT2D eigenvalue weighted by molar-refractivity contribution is 0.0929. The predicted octanol–water partition coefficient (Wildman–Crippen LogP) is 4.52. The Balaban J connectivity index is 1.73. The van der Waals surface area contributed by atoms with Crippen molar-refractivity contribution in [1.29, 1.82) is 0 Å². The molecule has 0 aliphatic carbocycles. The van der Waals surface area contributed by atoms with Gasteiger partial charge in [-0.15, -0.1) is 6.42 Å². The molecule has 1 amide bonds. The number of nitrogens with one attached hydrogen (secondary N) is 1. The number of hydrogen-bond donors (Lipinski definition) is 1. The van der Waals surface area contributed by atoms with E-state index < -0.39 is 5.91 Å².